The Kier molecular flexibility index (Phi) is 9.10. The van der Waals surface area contributed by atoms with Crippen LogP contribution in [0.5, 0.6) is 11.5 Å². The lowest BCUT2D eigenvalue weighted by Crippen LogP contribution is -2.15. The highest BCUT2D eigenvalue weighted by atomic mass is 32.1. The normalized spacial score (nSPS) is 10.6. The van der Waals surface area contributed by atoms with E-state index < -0.39 is 5.97 Å². The van der Waals surface area contributed by atoms with Gasteiger partial charge >= 0.3 is 5.97 Å². The van der Waals surface area contributed by atoms with E-state index in [1.807, 2.05) is 62.4 Å². The average Bonchev–Trinajstić information content (AvgIpc) is 3.17. The fraction of sp³-hybridized carbons (Fsp3) is 0.333. The number of carbonyl (C=O) groups excluding carboxylic acids is 2. The van der Waals surface area contributed by atoms with Gasteiger partial charge in [0.1, 0.15) is 22.1 Å². The summed E-state index contributed by atoms with van der Waals surface area (Å²) in [6.45, 7) is 6.98. The van der Waals surface area contributed by atoms with Crippen LogP contribution in [0.3, 0.4) is 0 Å². The lowest BCUT2D eigenvalue weighted by atomic mass is 10.0. The molecular formula is C27H31NO5S. The molecule has 0 atom stereocenters. The van der Waals surface area contributed by atoms with Gasteiger partial charge in [-0.2, -0.15) is 0 Å². The van der Waals surface area contributed by atoms with Crippen LogP contribution < -0.4 is 14.8 Å². The summed E-state index contributed by atoms with van der Waals surface area (Å²) in [5.74, 6) is 0.896. The number of hydrogen-bond acceptors (Lipinski definition) is 6. The second kappa shape index (κ2) is 12.2. The second-order valence-electron chi connectivity index (χ2n) is 7.68. The molecule has 6 nitrogen and oxygen atoms in total. The summed E-state index contributed by atoms with van der Waals surface area (Å²) in [4.78, 5) is 26.2. The van der Waals surface area contributed by atoms with Crippen molar-refractivity contribution in [2.45, 2.75) is 40.0 Å². The summed E-state index contributed by atoms with van der Waals surface area (Å²) in [5.41, 5.74) is 3.24. The molecular weight excluding hydrogens is 450 g/mol. The summed E-state index contributed by atoms with van der Waals surface area (Å²) in [6, 6.07) is 15.5. The quantitative estimate of drug-likeness (QED) is 0.258. The predicted octanol–water partition coefficient (Wildman–Crippen LogP) is 6.27. The Morgan fingerprint density at radius 3 is 2.21 bits per heavy atom. The van der Waals surface area contributed by atoms with Gasteiger partial charge in [0.05, 0.1) is 20.3 Å². The SMILES string of the molecule is CCOc1ccc(-c2c(C)sc(NC(=O)CCCOc3ccc(CC)cc3)c2C(=O)OC)cc1. The number of esters is 1. The van der Waals surface area contributed by atoms with Crippen molar-refractivity contribution in [3.05, 3.63) is 64.5 Å². The minimum absolute atomic E-state index is 0.172. The molecule has 0 saturated heterocycles. The van der Waals surface area contributed by atoms with E-state index in [9.17, 15) is 9.59 Å². The molecule has 0 radical (unpaired) electrons. The van der Waals surface area contributed by atoms with Crippen molar-refractivity contribution in [2.24, 2.45) is 0 Å². The van der Waals surface area contributed by atoms with Crippen molar-refractivity contribution >= 4 is 28.2 Å². The third-order valence-electron chi connectivity index (χ3n) is 5.33. The Hall–Kier alpha value is -3.32. The van der Waals surface area contributed by atoms with Gasteiger partial charge in [-0.3, -0.25) is 4.79 Å². The van der Waals surface area contributed by atoms with Crippen LogP contribution in [0.15, 0.2) is 48.5 Å². The summed E-state index contributed by atoms with van der Waals surface area (Å²) in [7, 11) is 1.34. The Morgan fingerprint density at radius 1 is 0.941 bits per heavy atom. The van der Waals surface area contributed by atoms with Gasteiger partial charge in [0.2, 0.25) is 5.91 Å². The van der Waals surface area contributed by atoms with Gasteiger partial charge in [0.15, 0.2) is 0 Å². The fourth-order valence-corrected chi connectivity index (χ4v) is 4.68. The molecule has 180 valence electrons. The van der Waals surface area contributed by atoms with Crippen LogP contribution >= 0.6 is 11.3 Å². The van der Waals surface area contributed by atoms with E-state index in [-0.39, 0.29) is 12.3 Å². The summed E-state index contributed by atoms with van der Waals surface area (Å²) in [6.07, 6.45) is 1.82. The zero-order valence-corrected chi connectivity index (χ0v) is 20.9. The number of benzene rings is 2. The third kappa shape index (κ3) is 6.38. The number of carbonyl (C=O) groups is 2. The maximum absolute atomic E-state index is 12.6. The topological polar surface area (TPSA) is 73.9 Å². The Labute approximate surface area is 204 Å². The molecule has 1 heterocycles. The third-order valence-corrected chi connectivity index (χ3v) is 6.35. The first-order valence-corrected chi connectivity index (χ1v) is 12.2. The van der Waals surface area contributed by atoms with Crippen LogP contribution in [-0.2, 0) is 16.0 Å². The van der Waals surface area contributed by atoms with Gasteiger partial charge < -0.3 is 19.5 Å². The molecule has 0 aliphatic carbocycles. The molecule has 0 aliphatic rings. The molecule has 0 aliphatic heterocycles. The van der Waals surface area contributed by atoms with Gasteiger partial charge in [-0.05, 0) is 62.1 Å². The zero-order valence-electron chi connectivity index (χ0n) is 20.1. The predicted molar refractivity (Wildman–Crippen MR) is 136 cm³/mol. The summed E-state index contributed by atoms with van der Waals surface area (Å²) < 4.78 is 16.3. The van der Waals surface area contributed by atoms with E-state index in [1.165, 1.54) is 24.0 Å². The standard InChI is InChI=1S/C27H31NO5S/c1-5-19-9-13-22(14-10-19)33-17-7-8-23(29)28-26-25(27(30)31-4)24(18(3)34-26)20-11-15-21(16-12-20)32-6-2/h9-16H,5-8,17H2,1-4H3,(H,28,29). The maximum Gasteiger partial charge on any atom is 0.341 e. The molecule has 34 heavy (non-hydrogen) atoms. The van der Waals surface area contributed by atoms with Crippen LogP contribution in [0.25, 0.3) is 11.1 Å². The van der Waals surface area contributed by atoms with Crippen molar-refractivity contribution in [3.8, 4) is 22.6 Å². The van der Waals surface area contributed by atoms with Crippen molar-refractivity contribution in [1.29, 1.82) is 0 Å². The van der Waals surface area contributed by atoms with E-state index >= 15 is 0 Å². The first-order valence-electron chi connectivity index (χ1n) is 11.4. The van der Waals surface area contributed by atoms with E-state index in [2.05, 4.69) is 12.2 Å². The number of methoxy groups -OCH3 is 1. The molecule has 0 unspecified atom stereocenters. The molecule has 0 bridgehead atoms. The van der Waals surface area contributed by atoms with E-state index in [0.717, 1.165) is 33.9 Å². The molecule has 7 heteroatoms. The van der Waals surface area contributed by atoms with Crippen molar-refractivity contribution < 1.29 is 23.8 Å². The maximum atomic E-state index is 12.6. The number of amides is 1. The van der Waals surface area contributed by atoms with Crippen LogP contribution in [0.4, 0.5) is 5.00 Å². The smallest absolute Gasteiger partial charge is 0.341 e. The molecule has 0 saturated carbocycles. The van der Waals surface area contributed by atoms with E-state index in [0.29, 0.717) is 30.2 Å². The lowest BCUT2D eigenvalue weighted by Gasteiger charge is -2.10. The highest BCUT2D eigenvalue weighted by molar-refractivity contribution is 7.17. The number of rotatable bonds is 11. The van der Waals surface area contributed by atoms with Gasteiger partial charge in [-0.25, -0.2) is 4.79 Å². The van der Waals surface area contributed by atoms with Crippen molar-refractivity contribution in [3.63, 3.8) is 0 Å². The Balaban J connectivity index is 1.66. The number of hydrogen-bond donors (Lipinski definition) is 1. The first kappa shape index (κ1) is 25.3. The van der Waals surface area contributed by atoms with Crippen molar-refractivity contribution in [2.75, 3.05) is 25.6 Å². The van der Waals surface area contributed by atoms with E-state index in [1.54, 1.807) is 0 Å². The molecule has 1 amide bonds. The monoisotopic (exact) mass is 481 g/mol. The number of ether oxygens (including phenoxy) is 3. The molecule has 3 aromatic rings. The van der Waals surface area contributed by atoms with Crippen molar-refractivity contribution in [1.82, 2.24) is 0 Å². The van der Waals surface area contributed by atoms with E-state index in [4.69, 9.17) is 14.2 Å². The largest absolute Gasteiger partial charge is 0.494 e. The molecule has 0 fully saturated rings. The zero-order chi connectivity index (χ0) is 24.5. The number of anilines is 1. The Morgan fingerprint density at radius 2 is 1.59 bits per heavy atom. The van der Waals surface area contributed by atoms with Crippen LogP contribution in [-0.4, -0.2) is 32.2 Å². The Bertz CT molecular complexity index is 1100. The average molecular weight is 482 g/mol. The molecule has 3 rings (SSSR count). The highest BCUT2D eigenvalue weighted by Crippen LogP contribution is 2.40. The number of thiophene rings is 1. The summed E-state index contributed by atoms with van der Waals surface area (Å²) in [5, 5.41) is 3.40. The van der Waals surface area contributed by atoms with Gasteiger partial charge in [0.25, 0.3) is 0 Å². The van der Waals surface area contributed by atoms with Gasteiger partial charge in [-0.15, -0.1) is 11.3 Å². The second-order valence-corrected chi connectivity index (χ2v) is 8.91. The molecule has 1 N–H and O–H groups in total. The minimum atomic E-state index is -0.484. The lowest BCUT2D eigenvalue weighted by molar-refractivity contribution is -0.116. The van der Waals surface area contributed by atoms with Crippen LogP contribution in [0.2, 0.25) is 0 Å². The number of nitrogens with one attached hydrogen (secondary N) is 1. The van der Waals surface area contributed by atoms with Crippen LogP contribution in [0.1, 0.15) is 47.5 Å². The molecule has 0 spiro atoms. The van der Waals surface area contributed by atoms with Gasteiger partial charge in [0, 0.05) is 16.9 Å². The summed E-state index contributed by atoms with van der Waals surface area (Å²) >= 11 is 1.37. The number of aryl methyl sites for hydroxylation is 2. The highest BCUT2D eigenvalue weighted by Gasteiger charge is 2.25. The fourth-order valence-electron chi connectivity index (χ4n) is 3.59. The first-order chi connectivity index (χ1) is 16.5. The van der Waals surface area contributed by atoms with Crippen LogP contribution in [0, 0.1) is 6.92 Å². The molecule has 1 aromatic heterocycles. The molecule has 2 aromatic carbocycles. The van der Waals surface area contributed by atoms with Gasteiger partial charge in [-0.1, -0.05) is 31.2 Å². The minimum Gasteiger partial charge on any atom is -0.494 e.